The maximum atomic E-state index is 12.5. The Labute approximate surface area is 134 Å². The van der Waals surface area contributed by atoms with Crippen LogP contribution in [0.25, 0.3) is 0 Å². The molecule has 1 unspecified atom stereocenters. The number of benzene rings is 1. The van der Waals surface area contributed by atoms with E-state index in [0.29, 0.717) is 5.56 Å². The van der Waals surface area contributed by atoms with Crippen LogP contribution in [0.1, 0.15) is 46.6 Å². The second kappa shape index (κ2) is 6.44. The number of hydrogen-bond acceptors (Lipinski definition) is 3. The third kappa shape index (κ3) is 2.97. The van der Waals surface area contributed by atoms with Gasteiger partial charge in [-0.05, 0) is 30.4 Å². The predicted octanol–water partition coefficient (Wildman–Crippen LogP) is 3.86. The monoisotopic (exact) mass is 313 g/mol. The van der Waals surface area contributed by atoms with Crippen molar-refractivity contribution in [1.82, 2.24) is 4.90 Å². The van der Waals surface area contributed by atoms with E-state index in [1.165, 1.54) is 10.4 Å². The highest BCUT2D eigenvalue weighted by Crippen LogP contribution is 2.33. The zero-order chi connectivity index (χ0) is 15.5. The number of hydrogen-bond donors (Lipinski definition) is 0. The van der Waals surface area contributed by atoms with Crippen LogP contribution in [-0.2, 0) is 11.2 Å². The Morgan fingerprint density at radius 3 is 2.73 bits per heavy atom. The van der Waals surface area contributed by atoms with Crippen molar-refractivity contribution in [2.45, 2.75) is 32.2 Å². The molecule has 2 aromatic rings. The van der Waals surface area contributed by atoms with Gasteiger partial charge in [0.1, 0.15) is 0 Å². The summed E-state index contributed by atoms with van der Waals surface area (Å²) in [7, 11) is 0. The topological polar surface area (TPSA) is 37.4 Å². The molecule has 1 atom stereocenters. The lowest BCUT2D eigenvalue weighted by Crippen LogP contribution is -2.38. The molecular formula is C18H19NO2S. The van der Waals surface area contributed by atoms with E-state index in [1.807, 2.05) is 23.1 Å². The van der Waals surface area contributed by atoms with Gasteiger partial charge < -0.3 is 4.90 Å². The first kappa shape index (κ1) is 15.0. The number of Topliss-reactive ketones (excluding diaryl/α,β-unsaturated/α-hetero) is 1. The summed E-state index contributed by atoms with van der Waals surface area (Å²) in [5.41, 5.74) is 1.95. The number of ketones is 1. The van der Waals surface area contributed by atoms with Crippen molar-refractivity contribution in [3.05, 3.63) is 57.8 Å². The van der Waals surface area contributed by atoms with Crippen LogP contribution < -0.4 is 0 Å². The number of thiophene rings is 1. The summed E-state index contributed by atoms with van der Waals surface area (Å²) in [5, 5.41) is 2.09. The van der Waals surface area contributed by atoms with Crippen molar-refractivity contribution in [2.75, 3.05) is 6.54 Å². The SMILES string of the molecule is CC1c2ccsc2CCN1C(=O)CCC(=O)c1ccccc1. The van der Waals surface area contributed by atoms with E-state index in [9.17, 15) is 9.59 Å². The molecule has 1 amide bonds. The van der Waals surface area contributed by atoms with E-state index >= 15 is 0 Å². The summed E-state index contributed by atoms with van der Waals surface area (Å²) in [6, 6.07) is 11.4. The molecule has 114 valence electrons. The van der Waals surface area contributed by atoms with Crippen LogP contribution in [0, 0.1) is 0 Å². The first-order valence-electron chi connectivity index (χ1n) is 7.61. The fourth-order valence-electron chi connectivity index (χ4n) is 2.98. The van der Waals surface area contributed by atoms with E-state index in [0.717, 1.165) is 13.0 Å². The van der Waals surface area contributed by atoms with Crippen LogP contribution >= 0.6 is 11.3 Å². The fourth-order valence-corrected chi connectivity index (χ4v) is 3.95. The van der Waals surface area contributed by atoms with Gasteiger partial charge in [0.2, 0.25) is 5.91 Å². The fraction of sp³-hybridized carbons (Fsp3) is 0.333. The maximum absolute atomic E-state index is 12.5. The number of amides is 1. The van der Waals surface area contributed by atoms with Gasteiger partial charge in [-0.15, -0.1) is 11.3 Å². The van der Waals surface area contributed by atoms with Crippen LogP contribution in [0.3, 0.4) is 0 Å². The number of fused-ring (bicyclic) bond motifs is 1. The minimum atomic E-state index is 0.0369. The molecule has 0 fully saturated rings. The molecule has 3 nitrogen and oxygen atoms in total. The Morgan fingerprint density at radius 2 is 1.95 bits per heavy atom. The van der Waals surface area contributed by atoms with Crippen molar-refractivity contribution in [1.29, 1.82) is 0 Å². The predicted molar refractivity (Wildman–Crippen MR) is 88.2 cm³/mol. The Bertz CT molecular complexity index is 677. The zero-order valence-electron chi connectivity index (χ0n) is 12.6. The average Bonchev–Trinajstić information content (AvgIpc) is 3.03. The second-order valence-electron chi connectivity index (χ2n) is 5.60. The van der Waals surface area contributed by atoms with Gasteiger partial charge >= 0.3 is 0 Å². The van der Waals surface area contributed by atoms with Crippen LogP contribution in [-0.4, -0.2) is 23.1 Å². The van der Waals surface area contributed by atoms with Gasteiger partial charge in [-0.2, -0.15) is 0 Å². The Morgan fingerprint density at radius 1 is 1.18 bits per heavy atom. The van der Waals surface area contributed by atoms with E-state index in [2.05, 4.69) is 18.4 Å². The number of carbonyl (C=O) groups excluding carboxylic acids is 2. The molecule has 4 heteroatoms. The average molecular weight is 313 g/mol. The highest BCUT2D eigenvalue weighted by atomic mass is 32.1. The third-order valence-electron chi connectivity index (χ3n) is 4.26. The van der Waals surface area contributed by atoms with Crippen molar-refractivity contribution >= 4 is 23.0 Å². The van der Waals surface area contributed by atoms with Gasteiger partial charge in [0.15, 0.2) is 5.78 Å². The summed E-state index contributed by atoms with van der Waals surface area (Å²) >= 11 is 1.77. The number of rotatable bonds is 4. The van der Waals surface area contributed by atoms with Gasteiger partial charge in [-0.3, -0.25) is 9.59 Å². The first-order chi connectivity index (χ1) is 10.7. The number of carbonyl (C=O) groups is 2. The van der Waals surface area contributed by atoms with Gasteiger partial charge in [-0.25, -0.2) is 0 Å². The highest BCUT2D eigenvalue weighted by Gasteiger charge is 2.28. The largest absolute Gasteiger partial charge is 0.336 e. The Balaban J connectivity index is 1.60. The molecule has 0 spiro atoms. The van der Waals surface area contributed by atoms with Crippen LogP contribution in [0.5, 0.6) is 0 Å². The third-order valence-corrected chi connectivity index (χ3v) is 5.26. The van der Waals surface area contributed by atoms with Crippen LogP contribution in [0.15, 0.2) is 41.8 Å². The molecule has 0 radical (unpaired) electrons. The summed E-state index contributed by atoms with van der Waals surface area (Å²) in [5.74, 6) is 0.114. The molecule has 0 saturated heterocycles. The lowest BCUT2D eigenvalue weighted by molar-refractivity contribution is -0.133. The van der Waals surface area contributed by atoms with Crippen molar-refractivity contribution in [2.24, 2.45) is 0 Å². The molecule has 1 aromatic carbocycles. The standard InChI is InChI=1S/C18H19NO2S/c1-13-15-10-12-22-17(15)9-11-19(13)18(21)8-7-16(20)14-5-3-2-4-6-14/h2-6,10,12-13H,7-9,11H2,1H3. The molecule has 1 aliphatic heterocycles. The van der Waals surface area contributed by atoms with E-state index < -0.39 is 0 Å². The number of nitrogens with zero attached hydrogens (tertiary/aromatic N) is 1. The van der Waals surface area contributed by atoms with E-state index in [1.54, 1.807) is 23.5 Å². The Hall–Kier alpha value is -1.94. The van der Waals surface area contributed by atoms with Gasteiger partial charge in [0, 0.05) is 29.8 Å². The quantitative estimate of drug-likeness (QED) is 0.804. The normalized spacial score (nSPS) is 17.1. The molecule has 22 heavy (non-hydrogen) atoms. The van der Waals surface area contributed by atoms with E-state index in [-0.39, 0.29) is 30.6 Å². The van der Waals surface area contributed by atoms with Gasteiger partial charge in [-0.1, -0.05) is 30.3 Å². The molecule has 1 aliphatic rings. The smallest absolute Gasteiger partial charge is 0.223 e. The molecule has 2 heterocycles. The van der Waals surface area contributed by atoms with Gasteiger partial charge in [0.25, 0.3) is 0 Å². The maximum Gasteiger partial charge on any atom is 0.223 e. The highest BCUT2D eigenvalue weighted by molar-refractivity contribution is 7.10. The Kier molecular flexibility index (Phi) is 4.39. The molecule has 3 rings (SSSR count). The molecule has 0 bridgehead atoms. The van der Waals surface area contributed by atoms with Crippen molar-refractivity contribution < 1.29 is 9.59 Å². The van der Waals surface area contributed by atoms with Crippen molar-refractivity contribution in [3.63, 3.8) is 0 Å². The minimum absolute atomic E-state index is 0.0369. The molecule has 0 N–H and O–H groups in total. The summed E-state index contributed by atoms with van der Waals surface area (Å²) in [4.78, 5) is 27.9. The molecular weight excluding hydrogens is 294 g/mol. The minimum Gasteiger partial charge on any atom is -0.336 e. The molecule has 0 saturated carbocycles. The molecule has 0 aliphatic carbocycles. The summed E-state index contributed by atoms with van der Waals surface area (Å²) in [6.07, 6.45) is 1.50. The second-order valence-corrected chi connectivity index (χ2v) is 6.60. The lowest BCUT2D eigenvalue weighted by atomic mass is 10.00. The summed E-state index contributed by atoms with van der Waals surface area (Å²) in [6.45, 7) is 2.83. The van der Waals surface area contributed by atoms with Crippen LogP contribution in [0.4, 0.5) is 0 Å². The summed E-state index contributed by atoms with van der Waals surface area (Å²) < 4.78 is 0. The molecule has 1 aromatic heterocycles. The lowest BCUT2D eigenvalue weighted by Gasteiger charge is -2.33. The first-order valence-corrected chi connectivity index (χ1v) is 8.49. The van der Waals surface area contributed by atoms with Crippen LogP contribution in [0.2, 0.25) is 0 Å². The van der Waals surface area contributed by atoms with Gasteiger partial charge in [0.05, 0.1) is 6.04 Å². The zero-order valence-corrected chi connectivity index (χ0v) is 13.4. The van der Waals surface area contributed by atoms with E-state index in [4.69, 9.17) is 0 Å². The van der Waals surface area contributed by atoms with Crippen molar-refractivity contribution in [3.8, 4) is 0 Å².